The lowest BCUT2D eigenvalue weighted by molar-refractivity contribution is -0.120. The van der Waals surface area contributed by atoms with E-state index in [1.165, 1.54) is 25.7 Å². The van der Waals surface area contributed by atoms with Crippen LogP contribution < -0.4 is 11.1 Å². The quantitative estimate of drug-likeness (QED) is 0.824. The van der Waals surface area contributed by atoms with Gasteiger partial charge in [0.2, 0.25) is 5.91 Å². The molecular weight excluding hydrogens is 228 g/mol. The van der Waals surface area contributed by atoms with Gasteiger partial charge in [-0.05, 0) is 25.7 Å². The van der Waals surface area contributed by atoms with Crippen LogP contribution in [0.5, 0.6) is 0 Å². The van der Waals surface area contributed by atoms with E-state index in [9.17, 15) is 4.79 Å². The zero-order valence-electron chi connectivity index (χ0n) is 10.5. The van der Waals surface area contributed by atoms with E-state index < -0.39 is 6.04 Å². The van der Waals surface area contributed by atoms with Crippen LogP contribution in [0.1, 0.15) is 56.3 Å². The SMILES string of the molecule is NC(=O)C(NC1CCCC1)c1cncn1C1CC1. The summed E-state index contributed by atoms with van der Waals surface area (Å²) in [6, 6.07) is 0.552. The fraction of sp³-hybridized carbons (Fsp3) is 0.692. The molecule has 18 heavy (non-hydrogen) atoms. The molecule has 2 fully saturated rings. The van der Waals surface area contributed by atoms with E-state index in [2.05, 4.69) is 14.9 Å². The first-order valence-corrected chi connectivity index (χ1v) is 6.83. The highest BCUT2D eigenvalue weighted by atomic mass is 16.1. The van der Waals surface area contributed by atoms with Crippen molar-refractivity contribution in [2.75, 3.05) is 0 Å². The van der Waals surface area contributed by atoms with Crippen molar-refractivity contribution in [2.45, 2.75) is 56.7 Å². The lowest BCUT2D eigenvalue weighted by atomic mass is 10.1. The molecule has 5 nitrogen and oxygen atoms in total. The van der Waals surface area contributed by atoms with Crippen molar-refractivity contribution in [1.29, 1.82) is 0 Å². The fourth-order valence-corrected chi connectivity index (χ4v) is 2.84. The van der Waals surface area contributed by atoms with Gasteiger partial charge in [0.1, 0.15) is 6.04 Å². The molecule has 2 aliphatic rings. The van der Waals surface area contributed by atoms with Crippen LogP contribution in [0.2, 0.25) is 0 Å². The van der Waals surface area contributed by atoms with Crippen LogP contribution in [-0.4, -0.2) is 21.5 Å². The first kappa shape index (κ1) is 11.7. The lowest BCUT2D eigenvalue weighted by Crippen LogP contribution is -2.39. The minimum atomic E-state index is -0.392. The highest BCUT2D eigenvalue weighted by molar-refractivity contribution is 5.81. The zero-order valence-corrected chi connectivity index (χ0v) is 10.5. The first-order chi connectivity index (χ1) is 8.75. The normalized spacial score (nSPS) is 22.2. The molecule has 0 aromatic carbocycles. The van der Waals surface area contributed by atoms with Gasteiger partial charge in [-0.15, -0.1) is 0 Å². The fourth-order valence-electron chi connectivity index (χ4n) is 2.84. The summed E-state index contributed by atoms with van der Waals surface area (Å²) in [7, 11) is 0. The van der Waals surface area contributed by atoms with E-state index >= 15 is 0 Å². The lowest BCUT2D eigenvalue weighted by Gasteiger charge is -2.21. The van der Waals surface area contributed by atoms with Crippen LogP contribution in [0.25, 0.3) is 0 Å². The summed E-state index contributed by atoms with van der Waals surface area (Å²) in [4.78, 5) is 15.9. The van der Waals surface area contributed by atoms with E-state index in [0.717, 1.165) is 18.5 Å². The van der Waals surface area contributed by atoms with E-state index in [4.69, 9.17) is 5.73 Å². The van der Waals surface area contributed by atoms with E-state index in [1.807, 2.05) is 6.33 Å². The van der Waals surface area contributed by atoms with Gasteiger partial charge in [0.05, 0.1) is 18.2 Å². The maximum Gasteiger partial charge on any atom is 0.240 e. The number of primary amides is 1. The Balaban J connectivity index is 1.79. The third kappa shape index (κ3) is 2.27. The number of imidazole rings is 1. The Morgan fingerprint density at radius 3 is 2.72 bits per heavy atom. The van der Waals surface area contributed by atoms with Gasteiger partial charge in [-0.25, -0.2) is 4.98 Å². The van der Waals surface area contributed by atoms with Crippen molar-refractivity contribution < 1.29 is 4.79 Å². The van der Waals surface area contributed by atoms with Gasteiger partial charge >= 0.3 is 0 Å². The van der Waals surface area contributed by atoms with Gasteiger partial charge in [0.15, 0.2) is 0 Å². The van der Waals surface area contributed by atoms with Crippen LogP contribution in [0.4, 0.5) is 0 Å². The summed E-state index contributed by atoms with van der Waals surface area (Å²) in [5, 5.41) is 3.41. The highest BCUT2D eigenvalue weighted by Crippen LogP contribution is 2.37. The molecule has 1 amide bonds. The van der Waals surface area contributed by atoms with E-state index in [1.54, 1.807) is 6.20 Å². The molecule has 5 heteroatoms. The second kappa shape index (κ2) is 4.72. The van der Waals surface area contributed by atoms with Gasteiger partial charge in [0, 0.05) is 12.1 Å². The van der Waals surface area contributed by atoms with Gasteiger partial charge in [-0.2, -0.15) is 0 Å². The predicted molar refractivity (Wildman–Crippen MR) is 67.8 cm³/mol. The number of carbonyl (C=O) groups excluding carboxylic acids is 1. The molecule has 1 aromatic heterocycles. The molecular formula is C13H20N4O. The average molecular weight is 248 g/mol. The number of amides is 1. The van der Waals surface area contributed by atoms with Gasteiger partial charge < -0.3 is 10.3 Å². The second-order valence-corrected chi connectivity index (χ2v) is 5.44. The van der Waals surface area contributed by atoms with Crippen molar-refractivity contribution in [3.8, 4) is 0 Å². The Morgan fingerprint density at radius 2 is 2.11 bits per heavy atom. The van der Waals surface area contributed by atoms with E-state index in [-0.39, 0.29) is 5.91 Å². The van der Waals surface area contributed by atoms with Crippen LogP contribution >= 0.6 is 0 Å². The zero-order chi connectivity index (χ0) is 12.5. The average Bonchev–Trinajstić information content (AvgIpc) is 2.89. The number of nitrogens with zero attached hydrogens (tertiary/aromatic N) is 2. The molecule has 0 saturated heterocycles. The Morgan fingerprint density at radius 1 is 1.39 bits per heavy atom. The van der Waals surface area contributed by atoms with Crippen LogP contribution in [0, 0.1) is 0 Å². The number of nitrogens with one attached hydrogen (secondary N) is 1. The number of carbonyl (C=O) groups is 1. The number of aromatic nitrogens is 2. The van der Waals surface area contributed by atoms with Crippen LogP contribution in [0.15, 0.2) is 12.5 Å². The van der Waals surface area contributed by atoms with Crippen LogP contribution in [0.3, 0.4) is 0 Å². The van der Waals surface area contributed by atoms with Crippen LogP contribution in [-0.2, 0) is 4.79 Å². The van der Waals surface area contributed by atoms with Crippen molar-refractivity contribution in [1.82, 2.24) is 14.9 Å². The standard InChI is InChI=1S/C13H20N4O/c14-13(18)12(16-9-3-1-2-4-9)11-7-15-8-17(11)10-5-6-10/h7-10,12,16H,1-6H2,(H2,14,18). The molecule has 3 rings (SSSR count). The molecule has 0 aliphatic heterocycles. The first-order valence-electron chi connectivity index (χ1n) is 6.83. The maximum atomic E-state index is 11.7. The summed E-state index contributed by atoms with van der Waals surface area (Å²) in [5.41, 5.74) is 6.48. The van der Waals surface area contributed by atoms with Gasteiger partial charge in [-0.3, -0.25) is 10.1 Å². The topological polar surface area (TPSA) is 72.9 Å². The van der Waals surface area contributed by atoms with Crippen molar-refractivity contribution in [2.24, 2.45) is 5.73 Å². The predicted octanol–water partition coefficient (Wildman–Crippen LogP) is 1.28. The molecule has 98 valence electrons. The second-order valence-electron chi connectivity index (χ2n) is 5.44. The number of hydrogen-bond acceptors (Lipinski definition) is 3. The highest BCUT2D eigenvalue weighted by Gasteiger charge is 2.31. The summed E-state index contributed by atoms with van der Waals surface area (Å²) in [6.45, 7) is 0. The summed E-state index contributed by atoms with van der Waals surface area (Å²) in [5.74, 6) is -0.302. The summed E-state index contributed by atoms with van der Waals surface area (Å²) < 4.78 is 2.11. The van der Waals surface area contributed by atoms with E-state index in [0.29, 0.717) is 12.1 Å². The Bertz CT molecular complexity index is 432. The largest absolute Gasteiger partial charge is 0.368 e. The molecule has 1 aromatic rings. The Kier molecular flexibility index (Phi) is 3.07. The van der Waals surface area contributed by atoms with Gasteiger partial charge in [-0.1, -0.05) is 12.8 Å². The molecule has 3 N–H and O–H groups in total. The third-order valence-electron chi connectivity index (χ3n) is 3.97. The number of rotatable bonds is 5. The van der Waals surface area contributed by atoms with Crippen molar-refractivity contribution in [3.05, 3.63) is 18.2 Å². The van der Waals surface area contributed by atoms with Crippen molar-refractivity contribution in [3.63, 3.8) is 0 Å². The monoisotopic (exact) mass is 248 g/mol. The Hall–Kier alpha value is -1.36. The molecule has 1 atom stereocenters. The maximum absolute atomic E-state index is 11.7. The molecule has 0 bridgehead atoms. The Labute approximate surface area is 107 Å². The molecule has 0 radical (unpaired) electrons. The number of hydrogen-bond donors (Lipinski definition) is 2. The third-order valence-corrected chi connectivity index (χ3v) is 3.97. The molecule has 0 spiro atoms. The molecule has 1 heterocycles. The molecule has 2 saturated carbocycles. The minimum absolute atomic E-state index is 0.302. The smallest absolute Gasteiger partial charge is 0.240 e. The summed E-state index contributed by atoms with van der Waals surface area (Å²) >= 11 is 0. The molecule has 1 unspecified atom stereocenters. The number of nitrogens with two attached hydrogens (primary N) is 1. The summed E-state index contributed by atoms with van der Waals surface area (Å²) in [6.07, 6.45) is 10.7. The van der Waals surface area contributed by atoms with Crippen molar-refractivity contribution >= 4 is 5.91 Å². The molecule has 2 aliphatic carbocycles. The minimum Gasteiger partial charge on any atom is -0.368 e. The van der Waals surface area contributed by atoms with Gasteiger partial charge in [0.25, 0.3) is 0 Å².